The molecular weight excluding hydrogens is 212 g/mol. The zero-order valence-corrected chi connectivity index (χ0v) is 11.0. The number of hydrogen-bond acceptors (Lipinski definition) is 2. The Kier molecular flexibility index (Phi) is 4.84. The highest BCUT2D eigenvalue weighted by atomic mass is 16.1. The smallest absolute Gasteiger partial charge is 0.234 e. The highest BCUT2D eigenvalue weighted by molar-refractivity contribution is 5.78. The van der Waals surface area contributed by atoms with E-state index in [1.165, 1.54) is 44.9 Å². The summed E-state index contributed by atoms with van der Waals surface area (Å²) in [4.78, 5) is 11.7. The molecule has 2 fully saturated rings. The largest absolute Gasteiger partial charge is 0.352 e. The van der Waals surface area contributed by atoms with Gasteiger partial charge in [0.2, 0.25) is 5.91 Å². The molecule has 98 valence electrons. The van der Waals surface area contributed by atoms with Gasteiger partial charge in [-0.1, -0.05) is 32.6 Å². The van der Waals surface area contributed by atoms with Gasteiger partial charge in [0.25, 0.3) is 0 Å². The molecule has 3 heteroatoms. The van der Waals surface area contributed by atoms with Crippen LogP contribution in [0.5, 0.6) is 0 Å². The van der Waals surface area contributed by atoms with Crippen molar-refractivity contribution in [3.05, 3.63) is 0 Å². The van der Waals surface area contributed by atoms with Gasteiger partial charge in [0.15, 0.2) is 0 Å². The van der Waals surface area contributed by atoms with Crippen molar-refractivity contribution in [2.75, 3.05) is 13.1 Å². The average Bonchev–Trinajstić information content (AvgIpc) is 2.91. The van der Waals surface area contributed by atoms with Gasteiger partial charge in [-0.05, 0) is 37.6 Å². The van der Waals surface area contributed by atoms with Gasteiger partial charge < -0.3 is 10.6 Å². The van der Waals surface area contributed by atoms with Crippen molar-refractivity contribution in [3.8, 4) is 0 Å². The lowest BCUT2D eigenvalue weighted by Gasteiger charge is -2.17. The Bertz CT molecular complexity index is 249. The number of nitrogens with one attached hydrogen (secondary N) is 2. The summed E-state index contributed by atoms with van der Waals surface area (Å²) in [7, 11) is 0. The predicted molar refractivity (Wildman–Crippen MR) is 69.8 cm³/mol. The average molecular weight is 238 g/mol. The molecule has 17 heavy (non-hydrogen) atoms. The molecule has 2 rings (SSSR count). The van der Waals surface area contributed by atoms with E-state index >= 15 is 0 Å². The molecule has 0 saturated heterocycles. The summed E-state index contributed by atoms with van der Waals surface area (Å²) in [6.07, 6.45) is 8.95. The third kappa shape index (κ3) is 3.98. The number of rotatable bonds is 5. The molecule has 0 aromatic carbocycles. The fourth-order valence-electron chi connectivity index (χ4n) is 3.25. The van der Waals surface area contributed by atoms with Gasteiger partial charge in [0.1, 0.15) is 0 Å². The molecule has 1 amide bonds. The second kappa shape index (κ2) is 6.39. The summed E-state index contributed by atoms with van der Waals surface area (Å²) in [6, 6.07) is 0.453. The van der Waals surface area contributed by atoms with Crippen LogP contribution in [0.25, 0.3) is 0 Å². The Morgan fingerprint density at radius 3 is 2.53 bits per heavy atom. The van der Waals surface area contributed by atoms with E-state index < -0.39 is 0 Å². The lowest BCUT2D eigenvalue weighted by molar-refractivity contribution is -0.120. The van der Waals surface area contributed by atoms with Crippen LogP contribution in [0.2, 0.25) is 0 Å². The molecule has 2 N–H and O–H groups in total. The first kappa shape index (κ1) is 12.9. The van der Waals surface area contributed by atoms with Crippen LogP contribution in [0.4, 0.5) is 0 Å². The van der Waals surface area contributed by atoms with Gasteiger partial charge in [-0.15, -0.1) is 0 Å². The van der Waals surface area contributed by atoms with Gasteiger partial charge in [-0.3, -0.25) is 4.79 Å². The summed E-state index contributed by atoms with van der Waals surface area (Å²) in [5, 5.41) is 6.43. The maximum absolute atomic E-state index is 11.7. The molecule has 0 bridgehead atoms. The zero-order valence-electron chi connectivity index (χ0n) is 11.0. The molecule has 2 unspecified atom stereocenters. The van der Waals surface area contributed by atoms with E-state index in [1.807, 2.05) is 0 Å². The number of hydrogen-bond donors (Lipinski definition) is 2. The van der Waals surface area contributed by atoms with Crippen LogP contribution in [0.15, 0.2) is 0 Å². The van der Waals surface area contributed by atoms with Crippen LogP contribution in [0, 0.1) is 11.8 Å². The summed E-state index contributed by atoms with van der Waals surface area (Å²) >= 11 is 0. The number of amides is 1. The van der Waals surface area contributed by atoms with Gasteiger partial charge in [-0.2, -0.15) is 0 Å². The second-order valence-electron chi connectivity index (χ2n) is 5.85. The molecule has 3 nitrogen and oxygen atoms in total. The minimum Gasteiger partial charge on any atom is -0.352 e. The van der Waals surface area contributed by atoms with Gasteiger partial charge in [0.05, 0.1) is 6.54 Å². The summed E-state index contributed by atoms with van der Waals surface area (Å²) in [5.74, 6) is 1.80. The number of carbonyl (C=O) groups excluding carboxylic acids is 1. The molecule has 2 saturated carbocycles. The quantitative estimate of drug-likeness (QED) is 0.770. The second-order valence-corrected chi connectivity index (χ2v) is 5.85. The lowest BCUT2D eigenvalue weighted by Crippen LogP contribution is -2.40. The van der Waals surface area contributed by atoms with Crippen molar-refractivity contribution in [1.29, 1.82) is 0 Å². The van der Waals surface area contributed by atoms with Crippen LogP contribution < -0.4 is 10.6 Å². The Morgan fingerprint density at radius 2 is 1.88 bits per heavy atom. The predicted octanol–water partition coefficient (Wildman–Crippen LogP) is 2.07. The summed E-state index contributed by atoms with van der Waals surface area (Å²) in [5.41, 5.74) is 0. The maximum Gasteiger partial charge on any atom is 0.234 e. The Morgan fingerprint density at radius 1 is 1.12 bits per heavy atom. The van der Waals surface area contributed by atoms with Crippen LogP contribution in [-0.2, 0) is 4.79 Å². The fourth-order valence-corrected chi connectivity index (χ4v) is 3.25. The van der Waals surface area contributed by atoms with Crippen LogP contribution in [0.3, 0.4) is 0 Å². The first-order valence-electron chi connectivity index (χ1n) is 7.26. The highest BCUT2D eigenvalue weighted by Crippen LogP contribution is 2.30. The molecular formula is C14H26N2O. The molecule has 0 aromatic heterocycles. The minimum absolute atomic E-state index is 0.183. The monoisotopic (exact) mass is 238 g/mol. The van der Waals surface area contributed by atoms with Crippen molar-refractivity contribution in [2.45, 2.75) is 57.9 Å². The molecule has 2 aliphatic rings. The first-order chi connectivity index (χ1) is 8.25. The molecule has 2 aliphatic carbocycles. The molecule has 0 heterocycles. The van der Waals surface area contributed by atoms with Crippen molar-refractivity contribution in [3.63, 3.8) is 0 Å². The topological polar surface area (TPSA) is 41.1 Å². The molecule has 0 radical (unpaired) electrons. The Balaban J connectivity index is 1.56. The summed E-state index contributed by atoms with van der Waals surface area (Å²) in [6.45, 7) is 3.84. The summed E-state index contributed by atoms with van der Waals surface area (Å²) < 4.78 is 0. The lowest BCUT2D eigenvalue weighted by atomic mass is 9.98. The SMILES string of the molecule is CC1CCCC1CNCC(=O)NC1CCCC1. The molecule has 0 aromatic rings. The Labute approximate surface area is 105 Å². The first-order valence-corrected chi connectivity index (χ1v) is 7.26. The van der Waals surface area contributed by atoms with Crippen molar-refractivity contribution < 1.29 is 4.79 Å². The van der Waals surface area contributed by atoms with Crippen LogP contribution in [0.1, 0.15) is 51.9 Å². The molecule has 2 atom stereocenters. The molecule has 0 aliphatic heterocycles. The van der Waals surface area contributed by atoms with E-state index in [9.17, 15) is 4.79 Å². The van der Waals surface area contributed by atoms with Crippen LogP contribution >= 0.6 is 0 Å². The van der Waals surface area contributed by atoms with Gasteiger partial charge >= 0.3 is 0 Å². The van der Waals surface area contributed by atoms with E-state index in [0.717, 1.165) is 18.4 Å². The van der Waals surface area contributed by atoms with Crippen LogP contribution in [-0.4, -0.2) is 25.0 Å². The molecule has 0 spiro atoms. The minimum atomic E-state index is 0.183. The van der Waals surface area contributed by atoms with E-state index in [1.54, 1.807) is 0 Å². The van der Waals surface area contributed by atoms with Crippen molar-refractivity contribution in [1.82, 2.24) is 10.6 Å². The normalized spacial score (nSPS) is 29.7. The van der Waals surface area contributed by atoms with Gasteiger partial charge in [0, 0.05) is 6.04 Å². The van der Waals surface area contributed by atoms with E-state index in [-0.39, 0.29) is 5.91 Å². The van der Waals surface area contributed by atoms with Gasteiger partial charge in [-0.25, -0.2) is 0 Å². The van der Waals surface area contributed by atoms with Crippen molar-refractivity contribution in [2.24, 2.45) is 11.8 Å². The zero-order chi connectivity index (χ0) is 12.1. The number of carbonyl (C=O) groups is 1. The standard InChI is InChI=1S/C14H26N2O/c1-11-5-4-6-12(11)9-15-10-14(17)16-13-7-2-3-8-13/h11-13,15H,2-10H2,1H3,(H,16,17). The van der Waals surface area contributed by atoms with E-state index in [0.29, 0.717) is 12.6 Å². The third-order valence-corrected chi connectivity index (χ3v) is 4.45. The van der Waals surface area contributed by atoms with Crippen molar-refractivity contribution >= 4 is 5.91 Å². The van der Waals surface area contributed by atoms with E-state index in [4.69, 9.17) is 0 Å². The highest BCUT2D eigenvalue weighted by Gasteiger charge is 2.23. The fraction of sp³-hybridized carbons (Fsp3) is 0.929. The Hall–Kier alpha value is -0.570. The third-order valence-electron chi connectivity index (χ3n) is 4.45. The van der Waals surface area contributed by atoms with E-state index in [2.05, 4.69) is 17.6 Å². The maximum atomic E-state index is 11.7.